The van der Waals surface area contributed by atoms with Gasteiger partial charge in [0.2, 0.25) is 0 Å². The average molecular weight is 535 g/mol. The third-order valence-electron chi connectivity index (χ3n) is 6.27. The Bertz CT molecular complexity index is 1420. The second kappa shape index (κ2) is 9.57. The molecule has 1 N–H and O–H groups in total. The number of ether oxygens (including phenoxy) is 2. The molecule has 2 atom stereocenters. The van der Waals surface area contributed by atoms with Crippen LogP contribution in [0.1, 0.15) is 29.5 Å². The number of carbonyl (C=O) groups excluding carboxylic acids is 1. The van der Waals surface area contributed by atoms with Gasteiger partial charge in [-0.05, 0) is 59.7 Å². The lowest BCUT2D eigenvalue weighted by Crippen LogP contribution is -2.47. The van der Waals surface area contributed by atoms with E-state index in [1.165, 1.54) is 43.4 Å². The van der Waals surface area contributed by atoms with Crippen LogP contribution in [-0.2, 0) is 10.4 Å². The topological polar surface area (TPSA) is 82.8 Å². The van der Waals surface area contributed by atoms with Crippen molar-refractivity contribution in [1.82, 2.24) is 0 Å². The SMILES string of the molecule is CC(c1cc(Oc2ccc(C#N)cc2F)ccc1Cl)C(O)(c1ccc2c(c1)N(C)C(=O)CO2)C(F)(F)F. The summed E-state index contributed by atoms with van der Waals surface area (Å²) in [7, 11) is 1.39. The predicted octanol–water partition coefficient (Wildman–Crippen LogP) is 6.05. The summed E-state index contributed by atoms with van der Waals surface area (Å²) >= 11 is 6.25. The number of halogens is 5. The predicted molar refractivity (Wildman–Crippen MR) is 126 cm³/mol. The van der Waals surface area contributed by atoms with Crippen LogP contribution in [0.3, 0.4) is 0 Å². The molecule has 0 aromatic heterocycles. The Morgan fingerprint density at radius 1 is 1.16 bits per heavy atom. The zero-order chi connectivity index (χ0) is 27.1. The fourth-order valence-corrected chi connectivity index (χ4v) is 4.37. The first-order valence-electron chi connectivity index (χ1n) is 10.9. The number of likely N-dealkylation sites (N-methyl/N-ethyl adjacent to an activating group) is 1. The van der Waals surface area contributed by atoms with E-state index in [4.69, 9.17) is 26.3 Å². The number of anilines is 1. The Morgan fingerprint density at radius 2 is 1.89 bits per heavy atom. The van der Waals surface area contributed by atoms with Crippen LogP contribution in [0.25, 0.3) is 0 Å². The number of nitriles is 1. The second-order valence-electron chi connectivity index (χ2n) is 8.45. The molecule has 1 aliphatic rings. The van der Waals surface area contributed by atoms with Crippen LogP contribution in [0, 0.1) is 17.1 Å². The van der Waals surface area contributed by atoms with E-state index in [0.717, 1.165) is 30.0 Å². The van der Waals surface area contributed by atoms with Gasteiger partial charge in [-0.3, -0.25) is 4.79 Å². The minimum absolute atomic E-state index is 0.0384. The Kier molecular flexibility index (Phi) is 6.79. The molecule has 0 saturated heterocycles. The molecule has 0 spiro atoms. The minimum atomic E-state index is -5.17. The van der Waals surface area contributed by atoms with Crippen molar-refractivity contribution in [2.75, 3.05) is 18.6 Å². The molecular weight excluding hydrogens is 516 g/mol. The first-order valence-corrected chi connectivity index (χ1v) is 11.2. The van der Waals surface area contributed by atoms with Gasteiger partial charge in [-0.1, -0.05) is 24.6 Å². The highest BCUT2D eigenvalue weighted by atomic mass is 35.5. The molecule has 192 valence electrons. The largest absolute Gasteiger partial charge is 0.482 e. The molecule has 3 aromatic rings. The molecule has 2 unspecified atom stereocenters. The monoisotopic (exact) mass is 534 g/mol. The molecular formula is C26H19ClF4N2O4. The Morgan fingerprint density at radius 3 is 2.54 bits per heavy atom. The van der Waals surface area contributed by atoms with E-state index < -0.39 is 35.0 Å². The van der Waals surface area contributed by atoms with E-state index in [1.54, 1.807) is 6.07 Å². The number of carbonyl (C=O) groups is 1. The van der Waals surface area contributed by atoms with Crippen LogP contribution in [0.5, 0.6) is 17.2 Å². The van der Waals surface area contributed by atoms with Gasteiger partial charge in [0.05, 0.1) is 17.3 Å². The zero-order valence-corrected chi connectivity index (χ0v) is 20.2. The lowest BCUT2D eigenvalue weighted by molar-refractivity contribution is -0.274. The van der Waals surface area contributed by atoms with Gasteiger partial charge in [-0.25, -0.2) is 4.39 Å². The van der Waals surface area contributed by atoms with Gasteiger partial charge >= 0.3 is 6.18 Å². The Labute approximate surface area is 214 Å². The molecule has 0 bridgehead atoms. The molecule has 1 aliphatic heterocycles. The number of hydrogen-bond acceptors (Lipinski definition) is 5. The summed E-state index contributed by atoms with van der Waals surface area (Å²) in [6, 6.07) is 12.4. The molecule has 0 saturated carbocycles. The van der Waals surface area contributed by atoms with Crippen LogP contribution < -0.4 is 14.4 Å². The highest BCUT2D eigenvalue weighted by Gasteiger charge is 2.59. The second-order valence-corrected chi connectivity index (χ2v) is 8.86. The normalized spacial score (nSPS) is 15.8. The third kappa shape index (κ3) is 4.68. The van der Waals surface area contributed by atoms with Crippen LogP contribution in [0.4, 0.5) is 23.2 Å². The number of benzene rings is 3. The van der Waals surface area contributed by atoms with Crippen LogP contribution in [0.2, 0.25) is 5.02 Å². The minimum Gasteiger partial charge on any atom is -0.482 e. The summed E-state index contributed by atoms with van der Waals surface area (Å²) in [4.78, 5) is 13.2. The van der Waals surface area contributed by atoms with Gasteiger partial charge in [0.25, 0.3) is 5.91 Å². The maximum absolute atomic E-state index is 14.5. The summed E-state index contributed by atoms with van der Waals surface area (Å²) in [5.41, 5.74) is -3.95. The maximum Gasteiger partial charge on any atom is 0.422 e. The van der Waals surface area contributed by atoms with E-state index in [9.17, 15) is 27.5 Å². The number of hydrogen-bond donors (Lipinski definition) is 1. The quantitative estimate of drug-likeness (QED) is 0.403. The summed E-state index contributed by atoms with van der Waals surface area (Å²) in [6.07, 6.45) is -5.17. The number of alkyl halides is 3. The summed E-state index contributed by atoms with van der Waals surface area (Å²) in [5.74, 6) is -3.07. The maximum atomic E-state index is 14.5. The molecule has 0 fully saturated rings. The van der Waals surface area contributed by atoms with E-state index in [-0.39, 0.29) is 45.7 Å². The van der Waals surface area contributed by atoms with Gasteiger partial charge in [0.1, 0.15) is 11.5 Å². The van der Waals surface area contributed by atoms with Crippen molar-refractivity contribution in [3.8, 4) is 23.3 Å². The van der Waals surface area contributed by atoms with E-state index >= 15 is 0 Å². The smallest absolute Gasteiger partial charge is 0.422 e. The standard InChI is InChI=1S/C26H19ClF4N2O4/c1-14(18-11-17(5-6-19(18)27)37-22-7-3-15(12-32)9-20(22)28)25(35,26(29,30)31)16-4-8-23-21(10-16)33(2)24(34)13-36-23/h3-11,14,35H,13H2,1-2H3. The van der Waals surface area contributed by atoms with Crippen molar-refractivity contribution in [2.24, 2.45) is 0 Å². The van der Waals surface area contributed by atoms with Gasteiger partial charge in [-0.15, -0.1) is 0 Å². The van der Waals surface area contributed by atoms with Crippen molar-refractivity contribution >= 4 is 23.2 Å². The van der Waals surface area contributed by atoms with Crippen LogP contribution in [-0.4, -0.2) is 30.8 Å². The molecule has 3 aromatic carbocycles. The number of aliphatic hydroxyl groups is 1. The lowest BCUT2D eigenvalue weighted by atomic mass is 9.77. The summed E-state index contributed by atoms with van der Waals surface area (Å²) < 4.78 is 68.6. The van der Waals surface area contributed by atoms with Gasteiger partial charge in [0.15, 0.2) is 23.8 Å². The number of fused-ring (bicyclic) bond motifs is 1. The van der Waals surface area contributed by atoms with Crippen LogP contribution >= 0.6 is 11.6 Å². The first kappa shape index (κ1) is 26.3. The molecule has 1 heterocycles. The Hall–Kier alpha value is -3.81. The molecule has 0 aliphatic carbocycles. The van der Waals surface area contributed by atoms with E-state index in [2.05, 4.69) is 0 Å². The highest BCUT2D eigenvalue weighted by molar-refractivity contribution is 6.31. The van der Waals surface area contributed by atoms with E-state index in [1.807, 2.05) is 0 Å². The number of nitrogens with zero attached hydrogens (tertiary/aromatic N) is 2. The van der Waals surface area contributed by atoms with Crippen molar-refractivity contribution in [3.05, 3.63) is 82.1 Å². The zero-order valence-electron chi connectivity index (χ0n) is 19.4. The molecule has 0 radical (unpaired) electrons. The van der Waals surface area contributed by atoms with Crippen molar-refractivity contribution in [1.29, 1.82) is 5.26 Å². The van der Waals surface area contributed by atoms with Crippen molar-refractivity contribution in [3.63, 3.8) is 0 Å². The van der Waals surface area contributed by atoms with Gasteiger partial charge in [0, 0.05) is 18.0 Å². The van der Waals surface area contributed by atoms with Gasteiger partial charge < -0.3 is 19.5 Å². The summed E-state index contributed by atoms with van der Waals surface area (Å²) in [5, 5.41) is 20.0. The Balaban J connectivity index is 1.77. The highest BCUT2D eigenvalue weighted by Crippen LogP contribution is 2.51. The molecule has 1 amide bonds. The number of rotatable bonds is 5. The first-order chi connectivity index (χ1) is 17.4. The van der Waals surface area contributed by atoms with E-state index in [0.29, 0.717) is 0 Å². The fourth-order valence-electron chi connectivity index (χ4n) is 4.09. The average Bonchev–Trinajstić information content (AvgIpc) is 2.86. The van der Waals surface area contributed by atoms with Gasteiger partial charge in [-0.2, -0.15) is 18.4 Å². The molecule has 11 heteroatoms. The summed E-state index contributed by atoms with van der Waals surface area (Å²) in [6.45, 7) is 0.886. The molecule has 4 rings (SSSR count). The molecule has 6 nitrogen and oxygen atoms in total. The molecule has 37 heavy (non-hydrogen) atoms. The number of amides is 1. The van der Waals surface area contributed by atoms with Crippen molar-refractivity contribution < 1.29 is 36.9 Å². The van der Waals surface area contributed by atoms with Crippen molar-refractivity contribution in [2.45, 2.75) is 24.6 Å². The fraction of sp³-hybridized carbons (Fsp3) is 0.231. The third-order valence-corrected chi connectivity index (χ3v) is 6.61. The van der Waals surface area contributed by atoms with Crippen LogP contribution in [0.15, 0.2) is 54.6 Å². The lowest BCUT2D eigenvalue weighted by Gasteiger charge is -2.38.